The zero-order valence-corrected chi connectivity index (χ0v) is 31.3. The van der Waals surface area contributed by atoms with Crippen molar-refractivity contribution in [1.29, 1.82) is 0 Å². The number of ether oxygens (including phenoxy) is 4. The van der Waals surface area contributed by atoms with Crippen LogP contribution in [0.3, 0.4) is 0 Å². The summed E-state index contributed by atoms with van der Waals surface area (Å²) in [5.74, 6) is -4.29. The summed E-state index contributed by atoms with van der Waals surface area (Å²) in [7, 11) is 0. The van der Waals surface area contributed by atoms with Crippen LogP contribution in [0, 0.1) is 35.5 Å². The van der Waals surface area contributed by atoms with E-state index in [-0.39, 0.29) is 55.2 Å². The largest absolute Gasteiger partial charge is 0.462 e. The monoisotopic (exact) mass is 782 g/mol. The first-order valence-corrected chi connectivity index (χ1v) is 18.1. The highest BCUT2D eigenvalue weighted by molar-refractivity contribution is 6.47. The molecule has 6 atom stereocenters. The van der Waals surface area contributed by atoms with Gasteiger partial charge in [0.15, 0.2) is 11.5 Å². The minimum atomic E-state index is -1.63. The summed E-state index contributed by atoms with van der Waals surface area (Å²) in [6, 6.07) is 2.28. The minimum absolute atomic E-state index is 0.102. The molecule has 2 aromatic rings. The highest BCUT2D eigenvalue weighted by Gasteiger charge is 2.36. The molecule has 0 saturated heterocycles. The van der Waals surface area contributed by atoms with Gasteiger partial charge in [-0.2, -0.15) is 0 Å². The molecule has 0 N–H and O–H groups in total. The average Bonchev–Trinajstić information content (AvgIpc) is 3.60. The molecule has 48 heavy (non-hydrogen) atoms. The first-order valence-electron chi connectivity index (χ1n) is 15.8. The number of hydrogen-bond acceptors (Lipinski definition) is 8. The van der Waals surface area contributed by atoms with Crippen LogP contribution in [0.2, 0.25) is 30.1 Å². The van der Waals surface area contributed by atoms with Crippen molar-refractivity contribution in [3.63, 3.8) is 0 Å². The molecule has 0 bridgehead atoms. The highest BCUT2D eigenvalue weighted by Crippen LogP contribution is 2.43. The normalized spacial score (nSPS) is 23.5. The maximum absolute atomic E-state index is 13.3. The summed E-state index contributed by atoms with van der Waals surface area (Å²) in [4.78, 5) is 52.7. The third-order valence-electron chi connectivity index (χ3n) is 9.28. The molecule has 2 aliphatic rings. The molecular weight excluding hydrogens is 749 g/mol. The third kappa shape index (κ3) is 8.85. The number of rotatable bonds is 10. The quantitative estimate of drug-likeness (QED) is 0.101. The van der Waals surface area contributed by atoms with Gasteiger partial charge >= 0.3 is 23.9 Å². The molecule has 2 saturated carbocycles. The predicted molar refractivity (Wildman–Crippen MR) is 186 cm³/mol. The van der Waals surface area contributed by atoms with Crippen molar-refractivity contribution < 1.29 is 38.1 Å². The minimum Gasteiger partial charge on any atom is -0.462 e. The van der Waals surface area contributed by atoms with Crippen LogP contribution in [0.25, 0.3) is 0 Å². The zero-order chi connectivity index (χ0) is 35.4. The molecular formula is C34H36Cl6O8. The van der Waals surface area contributed by atoms with Crippen LogP contribution in [0.15, 0.2) is 12.1 Å². The molecule has 262 valence electrons. The molecule has 14 heteroatoms. The Morgan fingerprint density at radius 2 is 0.917 bits per heavy atom. The lowest BCUT2D eigenvalue weighted by Gasteiger charge is -2.19. The molecule has 4 rings (SSSR count). The second kappa shape index (κ2) is 16.8. The smallest absolute Gasteiger partial charge is 0.423 e. The van der Waals surface area contributed by atoms with Crippen molar-refractivity contribution in [2.75, 3.05) is 13.2 Å². The van der Waals surface area contributed by atoms with Crippen molar-refractivity contribution in [1.82, 2.24) is 0 Å². The standard InChI is InChI=1S/C34H36Cl6O8/c1-5-17-7-15(3)9-19(17)13-45-31(41)25-27(39)21(35)11-23(37)29(25)47-33(43)34(44)48-30-24(38)12-22(36)28(40)26(30)32(42)46-14-20-10-16(4)8-18(20)6-2/h11-12,15-20H,5-10,13-14H2,1-4H3. The van der Waals surface area contributed by atoms with Crippen molar-refractivity contribution in [2.45, 2.75) is 66.2 Å². The van der Waals surface area contributed by atoms with Crippen molar-refractivity contribution in [3.8, 4) is 11.5 Å². The fourth-order valence-electron chi connectivity index (χ4n) is 6.94. The second-order valence-electron chi connectivity index (χ2n) is 12.7. The van der Waals surface area contributed by atoms with Crippen LogP contribution >= 0.6 is 69.6 Å². The summed E-state index contributed by atoms with van der Waals surface area (Å²) in [5, 5.41) is -1.43. The van der Waals surface area contributed by atoms with Crippen LogP contribution in [0.5, 0.6) is 11.5 Å². The molecule has 2 aliphatic carbocycles. The van der Waals surface area contributed by atoms with E-state index in [1.807, 2.05) is 0 Å². The Morgan fingerprint density at radius 1 is 0.583 bits per heavy atom. The molecule has 0 amide bonds. The van der Waals surface area contributed by atoms with Gasteiger partial charge in [0.25, 0.3) is 0 Å². The van der Waals surface area contributed by atoms with Crippen LogP contribution in [0.4, 0.5) is 0 Å². The van der Waals surface area contributed by atoms with Crippen molar-refractivity contribution in [2.24, 2.45) is 35.5 Å². The van der Waals surface area contributed by atoms with Gasteiger partial charge in [-0.05, 0) is 73.3 Å². The lowest BCUT2D eigenvalue weighted by atomic mass is 9.94. The second-order valence-corrected chi connectivity index (χ2v) is 15.1. The van der Waals surface area contributed by atoms with E-state index in [0.717, 1.165) is 50.7 Å². The van der Waals surface area contributed by atoms with Crippen LogP contribution in [0.1, 0.15) is 86.9 Å². The first-order chi connectivity index (χ1) is 22.7. The Morgan fingerprint density at radius 3 is 1.25 bits per heavy atom. The molecule has 0 spiro atoms. The molecule has 2 fully saturated rings. The summed E-state index contributed by atoms with van der Waals surface area (Å²) in [5.41, 5.74) is -0.893. The average molecular weight is 785 g/mol. The fourth-order valence-corrected chi connectivity index (χ4v) is 8.38. The predicted octanol–water partition coefficient (Wildman–Crippen LogP) is 10.6. The van der Waals surface area contributed by atoms with Crippen LogP contribution in [-0.2, 0) is 19.1 Å². The molecule has 8 nitrogen and oxygen atoms in total. The lowest BCUT2D eigenvalue weighted by molar-refractivity contribution is -0.156. The van der Waals surface area contributed by atoms with Gasteiger partial charge in [0.1, 0.15) is 11.1 Å². The summed E-state index contributed by atoms with van der Waals surface area (Å²) < 4.78 is 21.6. The van der Waals surface area contributed by atoms with Gasteiger partial charge in [-0.1, -0.05) is 110 Å². The molecule has 0 aliphatic heterocycles. The molecule has 0 aromatic heterocycles. The van der Waals surface area contributed by atoms with Gasteiger partial charge in [-0.3, -0.25) is 0 Å². The van der Waals surface area contributed by atoms with Crippen LogP contribution < -0.4 is 9.47 Å². The van der Waals surface area contributed by atoms with E-state index in [2.05, 4.69) is 27.7 Å². The topological polar surface area (TPSA) is 105 Å². The SMILES string of the molecule is CCC1CC(C)CC1COC(=O)c1c(Cl)c(Cl)cc(Cl)c1OC(=O)C(=O)Oc1c(Cl)cc(Cl)c(Cl)c1C(=O)OCC1CC(C)CC1CC. The Kier molecular flexibility index (Phi) is 13.6. The molecule has 6 unspecified atom stereocenters. The van der Waals surface area contributed by atoms with E-state index in [9.17, 15) is 19.2 Å². The van der Waals surface area contributed by atoms with Crippen molar-refractivity contribution in [3.05, 3.63) is 53.4 Å². The third-order valence-corrected chi connectivity index (χ3v) is 11.4. The first kappa shape index (κ1) is 38.9. The Hall–Kier alpha value is -1.94. The number of halogens is 6. The van der Waals surface area contributed by atoms with Gasteiger partial charge in [0.2, 0.25) is 0 Å². The van der Waals surface area contributed by atoms with E-state index in [4.69, 9.17) is 88.6 Å². The molecule has 0 radical (unpaired) electrons. The van der Waals surface area contributed by atoms with E-state index in [0.29, 0.717) is 23.7 Å². The lowest BCUT2D eigenvalue weighted by Crippen LogP contribution is -2.28. The van der Waals surface area contributed by atoms with Gasteiger partial charge in [-0.25, -0.2) is 19.2 Å². The number of hydrogen-bond donors (Lipinski definition) is 0. The van der Waals surface area contributed by atoms with Gasteiger partial charge in [-0.15, -0.1) is 0 Å². The maximum Gasteiger partial charge on any atom is 0.423 e. The van der Waals surface area contributed by atoms with Gasteiger partial charge in [0.05, 0.1) is 43.3 Å². The fraction of sp³-hybridized carbons (Fsp3) is 0.529. The Bertz CT molecular complexity index is 1460. The number of benzene rings is 2. The summed E-state index contributed by atoms with van der Waals surface area (Å²) in [6.07, 6.45) is 5.68. The number of carbonyl (C=O) groups excluding carboxylic acids is 4. The highest BCUT2D eigenvalue weighted by atomic mass is 35.5. The van der Waals surface area contributed by atoms with E-state index in [1.165, 1.54) is 0 Å². The van der Waals surface area contributed by atoms with Crippen LogP contribution in [-0.4, -0.2) is 37.1 Å². The van der Waals surface area contributed by atoms with E-state index in [1.54, 1.807) is 0 Å². The van der Waals surface area contributed by atoms with Gasteiger partial charge in [0, 0.05) is 0 Å². The van der Waals surface area contributed by atoms with E-state index >= 15 is 0 Å². The zero-order valence-electron chi connectivity index (χ0n) is 26.8. The summed E-state index contributed by atoms with van der Waals surface area (Å²) >= 11 is 37.7. The Labute approximate surface area is 309 Å². The number of carbonyl (C=O) groups is 4. The van der Waals surface area contributed by atoms with Crippen molar-refractivity contribution >= 4 is 93.5 Å². The van der Waals surface area contributed by atoms with E-state index < -0.39 is 46.5 Å². The summed E-state index contributed by atoms with van der Waals surface area (Å²) in [6.45, 7) is 8.65. The molecule has 0 heterocycles. The molecule has 2 aromatic carbocycles. The Balaban J connectivity index is 1.53. The maximum atomic E-state index is 13.3. The van der Waals surface area contributed by atoms with Gasteiger partial charge < -0.3 is 18.9 Å². The number of esters is 4.